The fourth-order valence-electron chi connectivity index (χ4n) is 4.46. The van der Waals surface area contributed by atoms with Gasteiger partial charge in [0.15, 0.2) is 5.78 Å². The summed E-state index contributed by atoms with van der Waals surface area (Å²) in [5, 5.41) is 2.79. The molecule has 1 aliphatic rings. The molecule has 4 rings (SSSR count). The van der Waals surface area contributed by atoms with E-state index in [0.29, 0.717) is 12.0 Å². The van der Waals surface area contributed by atoms with Gasteiger partial charge >= 0.3 is 0 Å². The Morgan fingerprint density at radius 2 is 1.55 bits per heavy atom. The van der Waals surface area contributed by atoms with Crippen LogP contribution >= 0.6 is 0 Å². The second-order valence-electron chi connectivity index (χ2n) is 9.71. The summed E-state index contributed by atoms with van der Waals surface area (Å²) in [5.41, 5.74) is 1.78. The highest BCUT2D eigenvalue weighted by molar-refractivity contribution is 7.89. The first kappa shape index (κ1) is 27.6. The third kappa shape index (κ3) is 7.56. The second-order valence-corrected chi connectivity index (χ2v) is 11.4. The molecule has 1 amide bonds. The summed E-state index contributed by atoms with van der Waals surface area (Å²) in [7, 11) is -1.65. The van der Waals surface area contributed by atoms with Crippen molar-refractivity contribution in [2.75, 3.05) is 20.1 Å². The number of nitrogens with one attached hydrogen (secondary N) is 2. The van der Waals surface area contributed by atoms with E-state index in [1.54, 1.807) is 12.1 Å². The Morgan fingerprint density at radius 3 is 2.18 bits per heavy atom. The van der Waals surface area contributed by atoms with Crippen LogP contribution in [-0.4, -0.2) is 57.2 Å². The number of sulfonamides is 1. The van der Waals surface area contributed by atoms with Gasteiger partial charge in [-0.3, -0.25) is 9.59 Å². The lowest BCUT2D eigenvalue weighted by Gasteiger charge is -2.29. The molecular weight excluding hydrogens is 505 g/mol. The summed E-state index contributed by atoms with van der Waals surface area (Å²) < 4.78 is 41.7. The maximum absolute atomic E-state index is 13.3. The summed E-state index contributed by atoms with van der Waals surface area (Å²) in [6, 6.07) is 19.8. The number of benzene rings is 3. The highest BCUT2D eigenvalue weighted by Crippen LogP contribution is 2.16. The number of hydrogen-bond acceptors (Lipinski definition) is 5. The summed E-state index contributed by atoms with van der Waals surface area (Å²) in [6.45, 7) is 1.69. The minimum absolute atomic E-state index is 0.0178. The third-order valence-electron chi connectivity index (χ3n) is 6.74. The molecule has 1 aliphatic heterocycles. The lowest BCUT2D eigenvalue weighted by atomic mass is 9.97. The molecule has 0 radical (unpaired) electrons. The normalized spacial score (nSPS) is 15.6. The van der Waals surface area contributed by atoms with E-state index in [4.69, 9.17) is 0 Å². The molecule has 0 saturated carbocycles. The Balaban J connectivity index is 1.44. The van der Waals surface area contributed by atoms with E-state index in [0.717, 1.165) is 31.5 Å². The molecule has 1 saturated heterocycles. The standard InChI is InChI=1S/C29H32FN3O4S/c1-33-17-15-25(16-18-33)32-38(36,37)26-13-7-22(8-14-26)20-28(34)27(19-21-5-3-2-4-6-21)31-29(35)23-9-11-24(30)12-10-23/h2-14,25,27,32H,15-20H2,1H3,(H,31,35)/t27-/m0/s1. The van der Waals surface area contributed by atoms with E-state index in [1.807, 2.05) is 37.4 Å². The number of ketones is 1. The smallest absolute Gasteiger partial charge is 0.251 e. The molecule has 1 fully saturated rings. The van der Waals surface area contributed by atoms with Crippen LogP contribution in [0.4, 0.5) is 4.39 Å². The van der Waals surface area contributed by atoms with Crippen molar-refractivity contribution in [1.29, 1.82) is 0 Å². The molecule has 0 aromatic heterocycles. The molecule has 0 spiro atoms. The molecule has 1 heterocycles. The summed E-state index contributed by atoms with van der Waals surface area (Å²) in [4.78, 5) is 28.4. The molecule has 3 aromatic carbocycles. The van der Waals surface area contributed by atoms with Gasteiger partial charge in [0.1, 0.15) is 5.82 Å². The van der Waals surface area contributed by atoms with Crippen LogP contribution in [0.2, 0.25) is 0 Å². The minimum Gasteiger partial charge on any atom is -0.342 e. The van der Waals surface area contributed by atoms with Gasteiger partial charge in [-0.1, -0.05) is 42.5 Å². The van der Waals surface area contributed by atoms with Crippen LogP contribution in [0.25, 0.3) is 0 Å². The zero-order chi connectivity index (χ0) is 27.1. The first-order valence-electron chi connectivity index (χ1n) is 12.6. The summed E-state index contributed by atoms with van der Waals surface area (Å²) in [5.74, 6) is -1.14. The topological polar surface area (TPSA) is 95.6 Å². The Kier molecular flexibility index (Phi) is 9.04. The first-order valence-corrected chi connectivity index (χ1v) is 14.1. The van der Waals surface area contributed by atoms with Gasteiger partial charge in [0.25, 0.3) is 5.91 Å². The molecule has 38 heavy (non-hydrogen) atoms. The number of carbonyl (C=O) groups is 2. The maximum Gasteiger partial charge on any atom is 0.251 e. The molecule has 200 valence electrons. The number of halogens is 1. The second kappa shape index (κ2) is 12.4. The van der Waals surface area contributed by atoms with Gasteiger partial charge in [-0.05, 0) is 86.9 Å². The molecule has 2 N–H and O–H groups in total. The van der Waals surface area contributed by atoms with Gasteiger partial charge in [-0.2, -0.15) is 0 Å². The number of carbonyl (C=O) groups excluding carboxylic acids is 2. The zero-order valence-corrected chi connectivity index (χ0v) is 22.1. The van der Waals surface area contributed by atoms with Crippen LogP contribution < -0.4 is 10.0 Å². The fraction of sp³-hybridized carbons (Fsp3) is 0.310. The zero-order valence-electron chi connectivity index (χ0n) is 21.3. The SMILES string of the molecule is CN1CCC(NS(=O)(=O)c2ccc(CC(=O)[C@H](Cc3ccccc3)NC(=O)c3ccc(F)cc3)cc2)CC1. The van der Waals surface area contributed by atoms with E-state index in [1.165, 1.54) is 36.4 Å². The molecule has 0 aliphatic carbocycles. The van der Waals surface area contributed by atoms with E-state index in [-0.39, 0.29) is 28.7 Å². The number of likely N-dealkylation sites (tertiary alicyclic amines) is 1. The van der Waals surface area contributed by atoms with Crippen molar-refractivity contribution in [3.8, 4) is 0 Å². The highest BCUT2D eigenvalue weighted by Gasteiger charge is 2.25. The fourth-order valence-corrected chi connectivity index (χ4v) is 5.77. The lowest BCUT2D eigenvalue weighted by Crippen LogP contribution is -2.43. The van der Waals surface area contributed by atoms with Crippen LogP contribution in [0.5, 0.6) is 0 Å². The molecule has 1 atom stereocenters. The van der Waals surface area contributed by atoms with Crippen LogP contribution in [0.3, 0.4) is 0 Å². The Labute approximate surface area is 223 Å². The summed E-state index contributed by atoms with van der Waals surface area (Å²) in [6.07, 6.45) is 1.83. The molecule has 3 aromatic rings. The third-order valence-corrected chi connectivity index (χ3v) is 8.27. The van der Waals surface area contributed by atoms with Crippen molar-refractivity contribution >= 4 is 21.7 Å². The average molecular weight is 538 g/mol. The van der Waals surface area contributed by atoms with Gasteiger partial charge < -0.3 is 10.2 Å². The maximum atomic E-state index is 13.3. The molecule has 0 bridgehead atoms. The van der Waals surface area contributed by atoms with Crippen molar-refractivity contribution in [2.24, 2.45) is 0 Å². The van der Waals surface area contributed by atoms with Crippen molar-refractivity contribution in [1.82, 2.24) is 14.9 Å². The van der Waals surface area contributed by atoms with Crippen LogP contribution in [0, 0.1) is 5.82 Å². The predicted octanol–water partition coefficient (Wildman–Crippen LogP) is 3.35. The Morgan fingerprint density at radius 1 is 0.921 bits per heavy atom. The first-order chi connectivity index (χ1) is 18.2. The van der Waals surface area contributed by atoms with Gasteiger partial charge in [-0.15, -0.1) is 0 Å². The number of rotatable bonds is 10. The van der Waals surface area contributed by atoms with Gasteiger partial charge in [0.05, 0.1) is 10.9 Å². The van der Waals surface area contributed by atoms with Gasteiger partial charge in [0, 0.05) is 18.0 Å². The monoisotopic (exact) mass is 537 g/mol. The number of Topliss-reactive ketones (excluding diaryl/α,β-unsaturated/α-hetero) is 1. The van der Waals surface area contributed by atoms with Crippen LogP contribution in [-0.2, 0) is 27.7 Å². The lowest BCUT2D eigenvalue weighted by molar-refractivity contribution is -0.120. The molecule has 9 heteroatoms. The number of hydrogen-bond donors (Lipinski definition) is 2. The Hall–Kier alpha value is -3.40. The van der Waals surface area contributed by atoms with E-state index < -0.39 is 27.8 Å². The minimum atomic E-state index is -3.67. The quantitative estimate of drug-likeness (QED) is 0.414. The van der Waals surface area contributed by atoms with E-state index >= 15 is 0 Å². The van der Waals surface area contributed by atoms with Crippen molar-refractivity contribution < 1.29 is 22.4 Å². The number of nitrogens with zero attached hydrogens (tertiary/aromatic N) is 1. The Bertz CT molecular complexity index is 1340. The highest BCUT2D eigenvalue weighted by atomic mass is 32.2. The van der Waals surface area contributed by atoms with Gasteiger partial charge in [0.2, 0.25) is 10.0 Å². The van der Waals surface area contributed by atoms with Crippen molar-refractivity contribution in [3.05, 3.63) is 101 Å². The van der Waals surface area contributed by atoms with Gasteiger partial charge in [-0.25, -0.2) is 17.5 Å². The van der Waals surface area contributed by atoms with Crippen LogP contribution in [0.15, 0.2) is 83.8 Å². The van der Waals surface area contributed by atoms with Crippen LogP contribution in [0.1, 0.15) is 34.3 Å². The summed E-state index contributed by atoms with van der Waals surface area (Å²) >= 11 is 0. The van der Waals surface area contributed by atoms with E-state index in [2.05, 4.69) is 14.9 Å². The molecular formula is C29H32FN3O4S. The predicted molar refractivity (Wildman–Crippen MR) is 144 cm³/mol. The van der Waals surface area contributed by atoms with E-state index in [9.17, 15) is 22.4 Å². The van der Waals surface area contributed by atoms with Crippen molar-refractivity contribution in [3.63, 3.8) is 0 Å². The largest absolute Gasteiger partial charge is 0.342 e. The molecule has 7 nitrogen and oxygen atoms in total. The number of amides is 1. The van der Waals surface area contributed by atoms with Crippen molar-refractivity contribution in [2.45, 2.75) is 42.7 Å². The number of piperidine rings is 1. The average Bonchev–Trinajstić information content (AvgIpc) is 2.91. The molecule has 0 unspecified atom stereocenters.